The van der Waals surface area contributed by atoms with Crippen LogP contribution in [0.5, 0.6) is 0 Å². The van der Waals surface area contributed by atoms with Gasteiger partial charge in [-0.1, -0.05) is 30.3 Å². The van der Waals surface area contributed by atoms with Crippen LogP contribution in [0.25, 0.3) is 0 Å². The highest BCUT2D eigenvalue weighted by Crippen LogP contribution is 2.46. The van der Waals surface area contributed by atoms with E-state index >= 15 is 0 Å². The lowest BCUT2D eigenvalue weighted by Gasteiger charge is -2.29. The van der Waals surface area contributed by atoms with Gasteiger partial charge in [0.25, 0.3) is 0 Å². The molecule has 1 aromatic carbocycles. The molecule has 0 saturated carbocycles. The van der Waals surface area contributed by atoms with Gasteiger partial charge in [0.2, 0.25) is 0 Å². The highest BCUT2D eigenvalue weighted by molar-refractivity contribution is 6.62. The van der Waals surface area contributed by atoms with Crippen molar-refractivity contribution in [1.82, 2.24) is 9.55 Å². The summed E-state index contributed by atoms with van der Waals surface area (Å²) in [5.41, 5.74) is 4.91. The maximum atomic E-state index is 12.2. The Morgan fingerprint density at radius 2 is 2.12 bits per heavy atom. The lowest BCUT2D eigenvalue weighted by atomic mass is 9.79. The van der Waals surface area contributed by atoms with E-state index in [1.54, 1.807) is 0 Å². The smallest absolute Gasteiger partial charge is 0.398 e. The molecule has 1 aromatic heterocycles. The number of anilines is 1. The number of hydrogen-bond acceptors (Lipinski definition) is 7. The second-order valence-electron chi connectivity index (χ2n) is 6.35. The zero-order chi connectivity index (χ0) is 17.6. The second kappa shape index (κ2) is 5.96. The summed E-state index contributed by atoms with van der Waals surface area (Å²) in [5, 5.41) is 9.68. The minimum Gasteiger partial charge on any atom is -0.398 e. The normalized spacial score (nSPS) is 31.3. The van der Waals surface area contributed by atoms with E-state index in [-0.39, 0.29) is 12.4 Å². The number of ether oxygens (including phenoxy) is 1. The molecule has 9 heteroatoms. The number of nitrogen functional groups attached to an aromatic ring is 1. The van der Waals surface area contributed by atoms with Crippen molar-refractivity contribution in [3.63, 3.8) is 0 Å². The monoisotopic (exact) mass is 343 g/mol. The van der Waals surface area contributed by atoms with E-state index in [4.69, 9.17) is 19.8 Å². The summed E-state index contributed by atoms with van der Waals surface area (Å²) in [4.78, 5) is 16.0. The van der Waals surface area contributed by atoms with Gasteiger partial charge in [-0.05, 0) is 18.5 Å². The van der Waals surface area contributed by atoms with E-state index in [2.05, 4.69) is 4.98 Å². The van der Waals surface area contributed by atoms with Gasteiger partial charge in [0, 0.05) is 6.20 Å². The Bertz CT molecular complexity index is 832. The summed E-state index contributed by atoms with van der Waals surface area (Å²) < 4.78 is 19.4. The third kappa shape index (κ3) is 2.56. The molecule has 0 spiro atoms. The predicted octanol–water partition coefficient (Wildman–Crippen LogP) is -0.715. The van der Waals surface area contributed by atoms with Crippen LogP contribution in [0.15, 0.2) is 47.4 Å². The average Bonchev–Trinajstić information content (AvgIpc) is 3.08. The largest absolute Gasteiger partial charge is 0.494 e. The van der Waals surface area contributed by atoms with Crippen LogP contribution in [0, 0.1) is 0 Å². The minimum atomic E-state index is -0.963. The molecule has 0 radical (unpaired) electrons. The first-order chi connectivity index (χ1) is 12.0. The molecular weight excluding hydrogens is 325 g/mol. The Balaban J connectivity index is 1.72. The zero-order valence-corrected chi connectivity index (χ0v) is 13.6. The summed E-state index contributed by atoms with van der Waals surface area (Å²) in [6.45, 7) is 1.56. The van der Waals surface area contributed by atoms with E-state index in [9.17, 15) is 9.90 Å². The van der Waals surface area contributed by atoms with Gasteiger partial charge >= 0.3 is 12.8 Å². The van der Waals surface area contributed by atoms with Gasteiger partial charge in [-0.15, -0.1) is 0 Å². The van der Waals surface area contributed by atoms with Crippen molar-refractivity contribution in [3.8, 4) is 0 Å². The van der Waals surface area contributed by atoms with Crippen LogP contribution in [-0.4, -0.2) is 46.2 Å². The highest BCUT2D eigenvalue weighted by atomic mass is 16.7. The number of aliphatic hydroxyl groups excluding tert-OH is 1. The minimum absolute atomic E-state index is 0.130. The fraction of sp³-hybridized carbons (Fsp3) is 0.375. The van der Waals surface area contributed by atoms with Gasteiger partial charge in [0.15, 0.2) is 6.23 Å². The topological polar surface area (TPSA) is 109 Å². The standard InChI is InChI=1S/C16H18BN3O5/c1-16-13(24-17(25-16)10-5-3-2-4-6-10)11(9-21)23-14(16)20-8-7-12(18)19-15(20)22/h2-8,11,13-14,21H,9H2,1H3,(H2,18,19,22)/t11-,13-,14?,16-/m1/s1. The SMILES string of the molecule is C[C@@]12OB(c3ccccc3)O[C@@H]1[C@@H](CO)OC2n1ccc(N)nc1=O. The number of nitrogens with zero attached hydrogens (tertiary/aromatic N) is 2. The van der Waals surface area contributed by atoms with Crippen molar-refractivity contribution in [2.45, 2.75) is 31.0 Å². The number of aliphatic hydroxyl groups is 1. The first kappa shape index (κ1) is 16.3. The maximum Gasteiger partial charge on any atom is 0.494 e. The summed E-state index contributed by atoms with van der Waals surface area (Å²) >= 11 is 0. The first-order valence-corrected chi connectivity index (χ1v) is 8.02. The molecule has 25 heavy (non-hydrogen) atoms. The molecule has 0 aliphatic carbocycles. The van der Waals surface area contributed by atoms with Crippen LogP contribution >= 0.6 is 0 Å². The number of nitrogens with two attached hydrogens (primary N) is 1. The predicted molar refractivity (Wildman–Crippen MR) is 90.1 cm³/mol. The van der Waals surface area contributed by atoms with Gasteiger partial charge in [0.1, 0.15) is 23.6 Å². The third-order valence-corrected chi connectivity index (χ3v) is 4.68. The summed E-state index contributed by atoms with van der Waals surface area (Å²) in [7, 11) is -0.603. The van der Waals surface area contributed by atoms with Gasteiger partial charge in [0.05, 0.1) is 6.61 Å². The number of rotatable bonds is 3. The number of benzene rings is 1. The number of aromatic nitrogens is 2. The van der Waals surface area contributed by atoms with Gasteiger partial charge < -0.3 is 24.9 Å². The van der Waals surface area contributed by atoms with Crippen LogP contribution in [-0.2, 0) is 14.0 Å². The van der Waals surface area contributed by atoms with Crippen LogP contribution in [0.3, 0.4) is 0 Å². The fourth-order valence-corrected chi connectivity index (χ4v) is 3.46. The number of fused-ring (bicyclic) bond motifs is 1. The van der Waals surface area contributed by atoms with Crippen LogP contribution in [0.2, 0.25) is 0 Å². The van der Waals surface area contributed by atoms with Crippen molar-refractivity contribution in [3.05, 3.63) is 53.1 Å². The molecule has 0 bridgehead atoms. The van der Waals surface area contributed by atoms with Crippen molar-refractivity contribution >= 4 is 18.4 Å². The lowest BCUT2D eigenvalue weighted by molar-refractivity contribution is -0.0809. The van der Waals surface area contributed by atoms with E-state index in [0.717, 1.165) is 5.46 Å². The second-order valence-corrected chi connectivity index (χ2v) is 6.35. The van der Waals surface area contributed by atoms with Crippen molar-refractivity contribution in [2.75, 3.05) is 12.3 Å². The zero-order valence-electron chi connectivity index (χ0n) is 13.6. The molecule has 4 atom stereocenters. The van der Waals surface area contributed by atoms with Crippen molar-refractivity contribution in [2.24, 2.45) is 0 Å². The highest BCUT2D eigenvalue weighted by Gasteiger charge is 2.63. The Kier molecular flexibility index (Phi) is 3.88. The molecule has 3 N–H and O–H groups in total. The Morgan fingerprint density at radius 1 is 1.36 bits per heavy atom. The lowest BCUT2D eigenvalue weighted by Crippen LogP contribution is -2.45. The van der Waals surface area contributed by atoms with Crippen molar-refractivity contribution in [1.29, 1.82) is 0 Å². The van der Waals surface area contributed by atoms with E-state index in [1.165, 1.54) is 16.8 Å². The molecule has 0 amide bonds. The van der Waals surface area contributed by atoms with Gasteiger partial charge in [-0.3, -0.25) is 4.57 Å². The Morgan fingerprint density at radius 3 is 2.80 bits per heavy atom. The molecule has 2 fully saturated rings. The van der Waals surface area contributed by atoms with Crippen LogP contribution in [0.1, 0.15) is 13.2 Å². The molecule has 4 rings (SSSR count). The first-order valence-electron chi connectivity index (χ1n) is 8.02. The number of hydrogen-bond donors (Lipinski definition) is 2. The van der Waals surface area contributed by atoms with E-state index < -0.39 is 36.8 Å². The molecule has 8 nitrogen and oxygen atoms in total. The molecule has 2 saturated heterocycles. The molecule has 130 valence electrons. The molecule has 3 heterocycles. The molecule has 1 unspecified atom stereocenters. The average molecular weight is 343 g/mol. The van der Waals surface area contributed by atoms with E-state index in [1.807, 2.05) is 37.3 Å². The Labute approximate surface area is 144 Å². The van der Waals surface area contributed by atoms with Crippen LogP contribution < -0.4 is 16.9 Å². The third-order valence-electron chi connectivity index (χ3n) is 4.68. The molecule has 2 aliphatic heterocycles. The van der Waals surface area contributed by atoms with Gasteiger partial charge in [-0.2, -0.15) is 4.98 Å². The van der Waals surface area contributed by atoms with Crippen molar-refractivity contribution < 1.29 is 19.2 Å². The van der Waals surface area contributed by atoms with Gasteiger partial charge in [-0.25, -0.2) is 4.79 Å². The maximum absolute atomic E-state index is 12.2. The van der Waals surface area contributed by atoms with Crippen LogP contribution in [0.4, 0.5) is 5.82 Å². The molecular formula is C16H18BN3O5. The Hall–Kier alpha value is -2.20. The molecule has 2 aliphatic rings. The molecule has 2 aromatic rings. The summed E-state index contributed by atoms with van der Waals surface area (Å²) in [5.74, 6) is 0.130. The van der Waals surface area contributed by atoms with E-state index in [0.29, 0.717) is 0 Å². The summed E-state index contributed by atoms with van der Waals surface area (Å²) in [6, 6.07) is 11.0. The summed E-state index contributed by atoms with van der Waals surface area (Å²) in [6.07, 6.45) is -0.425. The quantitative estimate of drug-likeness (QED) is 0.708. The fourth-order valence-electron chi connectivity index (χ4n) is 3.46.